The number of aliphatic hydroxyl groups is 1. The number of carboxylic acid groups (broad SMARTS) is 1. The molecular formula is C19H38O3. The summed E-state index contributed by atoms with van der Waals surface area (Å²) in [5.41, 5.74) is 0. The first-order valence-electron chi connectivity index (χ1n) is 9.50. The van der Waals surface area contributed by atoms with E-state index in [0.29, 0.717) is 6.42 Å². The van der Waals surface area contributed by atoms with Gasteiger partial charge in [-0.2, -0.15) is 0 Å². The number of carbonyl (C=O) groups is 1. The molecular weight excluding hydrogens is 276 g/mol. The summed E-state index contributed by atoms with van der Waals surface area (Å²) in [7, 11) is 0. The molecule has 2 atom stereocenters. The lowest BCUT2D eigenvalue weighted by atomic mass is 9.98. The molecule has 22 heavy (non-hydrogen) atoms. The lowest BCUT2D eigenvalue weighted by molar-refractivity contribution is -0.144. The Morgan fingerprint density at radius 2 is 1.14 bits per heavy atom. The number of carboxylic acids is 1. The second-order valence-corrected chi connectivity index (χ2v) is 6.73. The van der Waals surface area contributed by atoms with E-state index in [-0.39, 0.29) is 0 Å². The fourth-order valence-electron chi connectivity index (χ4n) is 2.79. The third-order valence-corrected chi connectivity index (χ3v) is 4.57. The lowest BCUT2D eigenvalue weighted by Gasteiger charge is -2.14. The SMILES string of the molecule is CCCCCCCCCCCCCCC[C@H](O)[C@H](C)C(=O)O. The van der Waals surface area contributed by atoms with E-state index in [1.807, 2.05) is 0 Å². The van der Waals surface area contributed by atoms with Crippen molar-refractivity contribution >= 4 is 5.97 Å². The second kappa shape index (κ2) is 15.3. The summed E-state index contributed by atoms with van der Waals surface area (Å²) in [6.45, 7) is 3.84. The molecule has 0 aliphatic rings. The normalized spacial score (nSPS) is 14.0. The van der Waals surface area contributed by atoms with E-state index in [1.165, 1.54) is 70.6 Å². The molecule has 132 valence electrons. The van der Waals surface area contributed by atoms with Crippen LogP contribution < -0.4 is 0 Å². The summed E-state index contributed by atoms with van der Waals surface area (Å²) in [4.78, 5) is 10.7. The van der Waals surface area contributed by atoms with Crippen molar-refractivity contribution in [2.24, 2.45) is 5.92 Å². The molecule has 0 fully saturated rings. The van der Waals surface area contributed by atoms with Gasteiger partial charge in [-0.05, 0) is 13.3 Å². The van der Waals surface area contributed by atoms with Crippen molar-refractivity contribution in [3.8, 4) is 0 Å². The van der Waals surface area contributed by atoms with E-state index >= 15 is 0 Å². The number of hydrogen-bond donors (Lipinski definition) is 2. The first-order chi connectivity index (χ1) is 10.6. The predicted octanol–water partition coefficient (Wildman–Crippen LogP) is 5.55. The van der Waals surface area contributed by atoms with E-state index in [4.69, 9.17) is 5.11 Å². The van der Waals surface area contributed by atoms with Gasteiger partial charge in [0.25, 0.3) is 0 Å². The first-order valence-corrected chi connectivity index (χ1v) is 9.50. The van der Waals surface area contributed by atoms with Crippen LogP contribution in [0, 0.1) is 5.92 Å². The van der Waals surface area contributed by atoms with E-state index in [2.05, 4.69) is 6.92 Å². The van der Waals surface area contributed by atoms with Gasteiger partial charge in [-0.3, -0.25) is 4.79 Å². The van der Waals surface area contributed by atoms with Gasteiger partial charge in [0.15, 0.2) is 0 Å². The van der Waals surface area contributed by atoms with Crippen molar-refractivity contribution in [2.75, 3.05) is 0 Å². The molecule has 0 saturated carbocycles. The van der Waals surface area contributed by atoms with Crippen molar-refractivity contribution in [3.63, 3.8) is 0 Å². The van der Waals surface area contributed by atoms with Gasteiger partial charge in [-0.15, -0.1) is 0 Å². The van der Waals surface area contributed by atoms with Gasteiger partial charge in [0.1, 0.15) is 0 Å². The van der Waals surface area contributed by atoms with Crippen LogP contribution in [-0.4, -0.2) is 22.3 Å². The second-order valence-electron chi connectivity index (χ2n) is 6.73. The van der Waals surface area contributed by atoms with E-state index in [1.54, 1.807) is 6.92 Å². The smallest absolute Gasteiger partial charge is 0.308 e. The molecule has 0 heterocycles. The summed E-state index contributed by atoms with van der Waals surface area (Å²) >= 11 is 0. The average Bonchev–Trinajstić information content (AvgIpc) is 2.50. The van der Waals surface area contributed by atoms with Gasteiger partial charge < -0.3 is 10.2 Å². The van der Waals surface area contributed by atoms with Crippen LogP contribution in [0.5, 0.6) is 0 Å². The molecule has 0 rings (SSSR count). The van der Waals surface area contributed by atoms with Gasteiger partial charge in [-0.25, -0.2) is 0 Å². The van der Waals surface area contributed by atoms with E-state index < -0.39 is 18.0 Å². The molecule has 0 aromatic carbocycles. The molecule has 0 radical (unpaired) electrons. The summed E-state index contributed by atoms with van der Waals surface area (Å²) in [6.07, 6.45) is 16.8. The maximum Gasteiger partial charge on any atom is 0.308 e. The Kier molecular flexibility index (Phi) is 14.9. The highest BCUT2D eigenvalue weighted by atomic mass is 16.4. The Hall–Kier alpha value is -0.570. The number of hydrogen-bond acceptors (Lipinski definition) is 2. The van der Waals surface area contributed by atoms with Crippen LogP contribution in [0.3, 0.4) is 0 Å². The minimum Gasteiger partial charge on any atom is -0.481 e. The predicted molar refractivity (Wildman–Crippen MR) is 93.1 cm³/mol. The van der Waals surface area contributed by atoms with Crippen LogP contribution in [0.1, 0.15) is 104 Å². The summed E-state index contributed by atoms with van der Waals surface area (Å²) < 4.78 is 0. The highest BCUT2D eigenvalue weighted by Gasteiger charge is 2.20. The first kappa shape index (κ1) is 21.4. The third-order valence-electron chi connectivity index (χ3n) is 4.57. The highest BCUT2D eigenvalue weighted by Crippen LogP contribution is 2.15. The average molecular weight is 315 g/mol. The van der Waals surface area contributed by atoms with Crippen LogP contribution >= 0.6 is 0 Å². The fourth-order valence-corrected chi connectivity index (χ4v) is 2.79. The topological polar surface area (TPSA) is 57.5 Å². The van der Waals surface area contributed by atoms with Crippen LogP contribution in [0.15, 0.2) is 0 Å². The Bertz CT molecular complexity index is 253. The molecule has 0 spiro atoms. The molecule has 0 unspecified atom stereocenters. The molecule has 0 aromatic heterocycles. The molecule has 3 nitrogen and oxygen atoms in total. The van der Waals surface area contributed by atoms with Gasteiger partial charge in [0.2, 0.25) is 0 Å². The van der Waals surface area contributed by atoms with Gasteiger partial charge in [0.05, 0.1) is 12.0 Å². The maximum atomic E-state index is 10.7. The minimum absolute atomic E-state index is 0.616. The Morgan fingerprint density at radius 3 is 1.50 bits per heavy atom. The Labute approximate surface area is 137 Å². The maximum absolute atomic E-state index is 10.7. The van der Waals surface area contributed by atoms with E-state index in [0.717, 1.165) is 12.8 Å². The zero-order chi connectivity index (χ0) is 16.6. The summed E-state index contributed by atoms with van der Waals surface area (Å²) in [6, 6.07) is 0. The Balaban J connectivity index is 3.19. The lowest BCUT2D eigenvalue weighted by Crippen LogP contribution is -2.25. The number of rotatable bonds is 16. The molecule has 0 aliphatic heterocycles. The van der Waals surface area contributed by atoms with Gasteiger partial charge in [0, 0.05) is 0 Å². The standard InChI is InChI=1S/C19H38O3/c1-3-4-5-6-7-8-9-10-11-12-13-14-15-16-18(20)17(2)19(21)22/h17-18,20H,3-16H2,1-2H3,(H,21,22)/t17-,18-/m0/s1. The van der Waals surface area contributed by atoms with Crippen LogP contribution in [-0.2, 0) is 4.79 Å². The summed E-state index contributed by atoms with van der Waals surface area (Å²) in [5, 5.41) is 18.5. The minimum atomic E-state index is -0.901. The highest BCUT2D eigenvalue weighted by molar-refractivity contribution is 5.70. The number of aliphatic hydroxyl groups excluding tert-OH is 1. The molecule has 0 amide bonds. The molecule has 3 heteroatoms. The number of aliphatic carboxylic acids is 1. The van der Waals surface area contributed by atoms with Crippen LogP contribution in [0.4, 0.5) is 0 Å². The monoisotopic (exact) mass is 314 g/mol. The fraction of sp³-hybridized carbons (Fsp3) is 0.947. The largest absolute Gasteiger partial charge is 0.481 e. The van der Waals surface area contributed by atoms with Gasteiger partial charge >= 0.3 is 5.97 Å². The van der Waals surface area contributed by atoms with E-state index in [9.17, 15) is 9.90 Å². The van der Waals surface area contributed by atoms with Gasteiger partial charge in [-0.1, -0.05) is 90.4 Å². The van der Waals surface area contributed by atoms with Crippen molar-refractivity contribution in [1.29, 1.82) is 0 Å². The van der Waals surface area contributed by atoms with Crippen LogP contribution in [0.25, 0.3) is 0 Å². The molecule has 2 N–H and O–H groups in total. The van der Waals surface area contributed by atoms with Crippen molar-refractivity contribution in [1.82, 2.24) is 0 Å². The molecule has 0 aromatic rings. The van der Waals surface area contributed by atoms with Crippen molar-refractivity contribution in [2.45, 2.75) is 110 Å². The molecule has 0 saturated heterocycles. The number of unbranched alkanes of at least 4 members (excludes halogenated alkanes) is 12. The van der Waals surface area contributed by atoms with Crippen molar-refractivity contribution in [3.05, 3.63) is 0 Å². The quantitative estimate of drug-likeness (QED) is 0.367. The summed E-state index contributed by atoms with van der Waals surface area (Å²) in [5.74, 6) is -1.54. The molecule has 0 aliphatic carbocycles. The Morgan fingerprint density at radius 1 is 0.773 bits per heavy atom. The zero-order valence-corrected chi connectivity index (χ0v) is 14.9. The zero-order valence-electron chi connectivity index (χ0n) is 14.9. The van der Waals surface area contributed by atoms with Crippen LogP contribution in [0.2, 0.25) is 0 Å². The third kappa shape index (κ3) is 13.1. The van der Waals surface area contributed by atoms with Crippen molar-refractivity contribution < 1.29 is 15.0 Å². The molecule has 0 bridgehead atoms.